The van der Waals surface area contributed by atoms with E-state index in [2.05, 4.69) is 14.7 Å². The van der Waals surface area contributed by atoms with E-state index in [1.807, 2.05) is 0 Å². The lowest BCUT2D eigenvalue weighted by Crippen LogP contribution is -2.24. The van der Waals surface area contributed by atoms with E-state index < -0.39 is 17.7 Å². The predicted molar refractivity (Wildman–Crippen MR) is 54.1 cm³/mol. The topological polar surface area (TPSA) is 95.8 Å². The van der Waals surface area contributed by atoms with Gasteiger partial charge in [0.25, 0.3) is 0 Å². The number of Topliss-reactive ketones (excluding diaryl/α,β-unsaturated/α-hetero) is 1. The van der Waals surface area contributed by atoms with Gasteiger partial charge in [0, 0.05) is 0 Å². The van der Waals surface area contributed by atoms with Gasteiger partial charge in [0.05, 0.1) is 13.2 Å². The summed E-state index contributed by atoms with van der Waals surface area (Å²) in [6.07, 6.45) is 0. The fourth-order valence-electron chi connectivity index (χ4n) is 0.920. The minimum absolute atomic E-state index is 0.0356. The number of ketones is 1. The molecule has 1 heterocycles. The monoisotopic (exact) mass is 261 g/mol. The molecule has 6 nitrogen and oxygen atoms in total. The molecule has 0 unspecified atom stereocenters. The van der Waals surface area contributed by atoms with E-state index in [0.717, 1.165) is 7.11 Å². The van der Waals surface area contributed by atoms with Crippen molar-refractivity contribution in [1.29, 1.82) is 5.26 Å². The maximum atomic E-state index is 11.6. The van der Waals surface area contributed by atoms with Crippen molar-refractivity contribution in [3.63, 3.8) is 0 Å². The Hall–Kier alpha value is -1.58. The van der Waals surface area contributed by atoms with Crippen LogP contribution in [0.15, 0.2) is 0 Å². The predicted octanol–water partition coefficient (Wildman–Crippen LogP) is 1.21. The third-order valence-corrected chi connectivity index (χ3v) is 2.32. The number of imidazole rings is 1. The lowest BCUT2D eigenvalue weighted by atomic mass is 10.1. The molecule has 84 valence electrons. The van der Waals surface area contributed by atoms with Crippen LogP contribution in [0.25, 0.3) is 0 Å². The van der Waals surface area contributed by atoms with Crippen LogP contribution in [0.1, 0.15) is 10.6 Å². The van der Waals surface area contributed by atoms with Crippen molar-refractivity contribution in [2.75, 3.05) is 7.11 Å². The van der Waals surface area contributed by atoms with Crippen molar-refractivity contribution in [3.8, 4) is 6.07 Å². The molecule has 16 heavy (non-hydrogen) atoms. The summed E-state index contributed by atoms with van der Waals surface area (Å²) >= 11 is 11.0. The summed E-state index contributed by atoms with van der Waals surface area (Å²) in [6, 6.07) is 1.51. The van der Waals surface area contributed by atoms with Gasteiger partial charge in [0.1, 0.15) is 5.15 Å². The molecule has 1 N–H and O–H groups in total. The van der Waals surface area contributed by atoms with Crippen LogP contribution in [0.3, 0.4) is 0 Å². The molecule has 1 rings (SSSR count). The summed E-state index contributed by atoms with van der Waals surface area (Å²) in [5.41, 5.74) is 0. The zero-order valence-electron chi connectivity index (χ0n) is 7.95. The third kappa shape index (κ3) is 2.32. The highest BCUT2D eigenvalue weighted by Crippen LogP contribution is 2.19. The second-order valence-corrected chi connectivity index (χ2v) is 3.38. The second kappa shape index (κ2) is 4.96. The molecule has 0 aliphatic heterocycles. The number of H-pyrrole nitrogens is 1. The first-order valence-electron chi connectivity index (χ1n) is 3.94. The SMILES string of the molecule is COC(=O)[C@H](C#N)C(=O)c1nc(Cl)c(Cl)[nH]1. The van der Waals surface area contributed by atoms with Crippen molar-refractivity contribution in [3.05, 3.63) is 16.1 Å². The molecule has 0 amide bonds. The number of ether oxygens (including phenoxy) is 1. The van der Waals surface area contributed by atoms with Crippen LogP contribution in [0, 0.1) is 17.2 Å². The number of aromatic amines is 1. The fraction of sp³-hybridized carbons (Fsp3) is 0.250. The maximum absolute atomic E-state index is 11.6. The van der Waals surface area contributed by atoms with E-state index in [-0.39, 0.29) is 16.1 Å². The van der Waals surface area contributed by atoms with Crippen LogP contribution in [-0.4, -0.2) is 28.8 Å². The molecule has 1 aromatic heterocycles. The fourth-order valence-corrected chi connectivity index (χ4v) is 1.18. The molecule has 0 radical (unpaired) electrons. The highest BCUT2D eigenvalue weighted by atomic mass is 35.5. The maximum Gasteiger partial charge on any atom is 0.331 e. The van der Waals surface area contributed by atoms with E-state index in [4.69, 9.17) is 28.5 Å². The number of halogens is 2. The van der Waals surface area contributed by atoms with E-state index in [9.17, 15) is 9.59 Å². The molecule has 0 aliphatic rings. The van der Waals surface area contributed by atoms with Gasteiger partial charge in [-0.05, 0) is 0 Å². The minimum atomic E-state index is -1.58. The first kappa shape index (κ1) is 12.5. The summed E-state index contributed by atoms with van der Waals surface area (Å²) in [5.74, 6) is -3.64. The number of nitrogens with zero attached hydrogens (tertiary/aromatic N) is 2. The molecule has 0 fully saturated rings. The highest BCUT2D eigenvalue weighted by molar-refractivity contribution is 6.40. The zero-order chi connectivity index (χ0) is 12.3. The summed E-state index contributed by atoms with van der Waals surface area (Å²) < 4.78 is 4.29. The van der Waals surface area contributed by atoms with E-state index in [1.165, 1.54) is 6.07 Å². The van der Waals surface area contributed by atoms with Crippen molar-refractivity contribution in [1.82, 2.24) is 9.97 Å². The molecular weight excluding hydrogens is 257 g/mol. The Morgan fingerprint density at radius 1 is 1.56 bits per heavy atom. The molecule has 1 aromatic rings. The number of carbonyl (C=O) groups is 2. The molecule has 0 spiro atoms. The third-order valence-electron chi connectivity index (χ3n) is 1.68. The van der Waals surface area contributed by atoms with Gasteiger partial charge in [-0.3, -0.25) is 9.59 Å². The molecule has 0 saturated heterocycles. The van der Waals surface area contributed by atoms with Gasteiger partial charge in [0.15, 0.2) is 11.0 Å². The number of aromatic nitrogens is 2. The Balaban J connectivity index is 3.01. The van der Waals surface area contributed by atoms with Gasteiger partial charge in [-0.2, -0.15) is 5.26 Å². The van der Waals surface area contributed by atoms with Gasteiger partial charge in [-0.15, -0.1) is 0 Å². The number of nitriles is 1. The number of nitrogens with one attached hydrogen (secondary N) is 1. The Labute approximate surface area is 100 Å². The van der Waals surface area contributed by atoms with Crippen LogP contribution >= 0.6 is 23.2 Å². The lowest BCUT2D eigenvalue weighted by Gasteiger charge is -2.02. The molecule has 0 saturated carbocycles. The van der Waals surface area contributed by atoms with Crippen LogP contribution < -0.4 is 0 Å². The molecule has 0 aromatic carbocycles. The van der Waals surface area contributed by atoms with Gasteiger partial charge in [0.2, 0.25) is 11.7 Å². The van der Waals surface area contributed by atoms with Gasteiger partial charge >= 0.3 is 5.97 Å². The average Bonchev–Trinajstić information content (AvgIpc) is 2.59. The molecule has 1 atom stereocenters. The summed E-state index contributed by atoms with van der Waals surface area (Å²) in [7, 11) is 1.07. The zero-order valence-corrected chi connectivity index (χ0v) is 9.46. The smallest absolute Gasteiger partial charge is 0.331 e. The van der Waals surface area contributed by atoms with E-state index in [1.54, 1.807) is 0 Å². The van der Waals surface area contributed by atoms with Gasteiger partial charge in [-0.1, -0.05) is 23.2 Å². The summed E-state index contributed by atoms with van der Waals surface area (Å²) in [6.45, 7) is 0. The Bertz CT molecular complexity index is 458. The molecule has 8 heteroatoms. The number of hydrogen-bond acceptors (Lipinski definition) is 5. The second-order valence-electron chi connectivity index (χ2n) is 2.64. The number of methoxy groups -OCH3 is 1. The first-order chi connectivity index (χ1) is 7.51. The van der Waals surface area contributed by atoms with Gasteiger partial charge in [-0.25, -0.2) is 4.98 Å². The van der Waals surface area contributed by atoms with Crippen molar-refractivity contribution in [2.24, 2.45) is 5.92 Å². The van der Waals surface area contributed by atoms with Crippen molar-refractivity contribution in [2.45, 2.75) is 0 Å². The molecule has 0 aliphatic carbocycles. The van der Waals surface area contributed by atoms with E-state index >= 15 is 0 Å². The minimum Gasteiger partial charge on any atom is -0.468 e. The highest BCUT2D eigenvalue weighted by Gasteiger charge is 2.31. The number of esters is 1. The first-order valence-corrected chi connectivity index (χ1v) is 4.69. The lowest BCUT2D eigenvalue weighted by molar-refractivity contribution is -0.141. The number of rotatable bonds is 3. The summed E-state index contributed by atoms with van der Waals surface area (Å²) in [5, 5.41) is 8.52. The van der Waals surface area contributed by atoms with Gasteiger partial charge < -0.3 is 9.72 Å². The normalized spacial score (nSPS) is 11.6. The van der Waals surface area contributed by atoms with Crippen LogP contribution in [0.5, 0.6) is 0 Å². The Morgan fingerprint density at radius 2 is 2.19 bits per heavy atom. The summed E-state index contributed by atoms with van der Waals surface area (Å²) in [4.78, 5) is 28.6. The Kier molecular flexibility index (Phi) is 3.88. The number of hydrogen-bond donors (Lipinski definition) is 1. The average molecular weight is 262 g/mol. The standard InChI is InChI=1S/C8H5Cl2N3O3/c1-16-8(15)3(2-11)4(14)7-12-5(9)6(10)13-7/h3H,1H3,(H,12,13)/t3-/m1/s1. The van der Waals surface area contributed by atoms with Crippen LogP contribution in [-0.2, 0) is 9.53 Å². The van der Waals surface area contributed by atoms with Crippen molar-refractivity contribution >= 4 is 35.0 Å². The van der Waals surface area contributed by atoms with Crippen molar-refractivity contribution < 1.29 is 14.3 Å². The number of carbonyl (C=O) groups excluding carboxylic acids is 2. The quantitative estimate of drug-likeness (QED) is 0.501. The molecule has 0 bridgehead atoms. The van der Waals surface area contributed by atoms with E-state index in [0.29, 0.717) is 0 Å². The molecular formula is C8H5Cl2N3O3. The Morgan fingerprint density at radius 3 is 2.56 bits per heavy atom. The van der Waals surface area contributed by atoms with Crippen LogP contribution in [0.4, 0.5) is 0 Å². The van der Waals surface area contributed by atoms with Crippen LogP contribution in [0.2, 0.25) is 10.3 Å². The largest absolute Gasteiger partial charge is 0.468 e.